The lowest BCUT2D eigenvalue weighted by Gasteiger charge is -2.15. The van der Waals surface area contributed by atoms with Crippen LogP contribution in [0, 0.1) is 11.8 Å². The van der Waals surface area contributed by atoms with Gasteiger partial charge in [0.1, 0.15) is 6.61 Å². The van der Waals surface area contributed by atoms with Crippen molar-refractivity contribution in [2.24, 2.45) is 11.8 Å². The topological polar surface area (TPSA) is 72.8 Å². The fourth-order valence-corrected chi connectivity index (χ4v) is 4.92. The molecule has 5 heteroatoms. The second kappa shape index (κ2) is 28.4. The Kier molecular flexibility index (Phi) is 27.6. The molecule has 0 saturated heterocycles. The van der Waals surface area contributed by atoms with Gasteiger partial charge >= 0.3 is 11.9 Å². The van der Waals surface area contributed by atoms with Gasteiger partial charge in [0, 0.05) is 12.8 Å². The number of ether oxygens (including phenoxy) is 2. The summed E-state index contributed by atoms with van der Waals surface area (Å²) in [7, 11) is 0. The van der Waals surface area contributed by atoms with Gasteiger partial charge in [-0.05, 0) is 24.7 Å². The second-order valence-corrected chi connectivity index (χ2v) is 12.6. The molecule has 0 saturated carbocycles. The van der Waals surface area contributed by atoms with E-state index < -0.39 is 6.10 Å². The van der Waals surface area contributed by atoms with Crippen molar-refractivity contribution in [2.45, 2.75) is 181 Å². The minimum absolute atomic E-state index is 0.0606. The molecule has 0 radical (unpaired) electrons. The number of aliphatic hydroxyl groups excluding tert-OH is 1. The molecule has 0 amide bonds. The van der Waals surface area contributed by atoms with E-state index in [4.69, 9.17) is 9.47 Å². The van der Waals surface area contributed by atoms with Crippen molar-refractivity contribution in [3.05, 3.63) is 0 Å². The van der Waals surface area contributed by atoms with Gasteiger partial charge in [-0.2, -0.15) is 0 Å². The molecule has 5 nitrogen and oxygen atoms in total. The van der Waals surface area contributed by atoms with E-state index in [1.807, 2.05) is 0 Å². The molecule has 0 fully saturated rings. The van der Waals surface area contributed by atoms with Crippen LogP contribution >= 0.6 is 0 Å². The first kappa shape index (κ1) is 37.9. The van der Waals surface area contributed by atoms with Gasteiger partial charge in [-0.15, -0.1) is 0 Å². The maximum absolute atomic E-state index is 12.0. The van der Waals surface area contributed by atoms with E-state index in [1.54, 1.807) is 0 Å². The zero-order valence-electron chi connectivity index (χ0n) is 26.5. The van der Waals surface area contributed by atoms with Crippen LogP contribution in [-0.4, -0.2) is 36.4 Å². The SMILES string of the molecule is CC(C)CCCCCCCCCCCCCCCC(=O)OC[C@H](CO)OC(=O)CCCCCCCCC(C)C. The Hall–Kier alpha value is -1.10. The highest BCUT2D eigenvalue weighted by molar-refractivity contribution is 5.70. The molecule has 0 aromatic carbocycles. The third kappa shape index (κ3) is 29.7. The predicted octanol–water partition coefficient (Wildman–Crippen LogP) is 9.72. The first-order valence-corrected chi connectivity index (χ1v) is 16.8. The molecule has 1 N–H and O–H groups in total. The molecule has 39 heavy (non-hydrogen) atoms. The molecule has 0 aromatic rings. The predicted molar refractivity (Wildman–Crippen MR) is 164 cm³/mol. The Morgan fingerprint density at radius 1 is 0.513 bits per heavy atom. The maximum Gasteiger partial charge on any atom is 0.306 e. The van der Waals surface area contributed by atoms with Gasteiger partial charge in [0.15, 0.2) is 6.10 Å². The fourth-order valence-electron chi connectivity index (χ4n) is 4.92. The van der Waals surface area contributed by atoms with E-state index in [0.717, 1.165) is 50.4 Å². The Morgan fingerprint density at radius 2 is 0.846 bits per heavy atom. The maximum atomic E-state index is 12.0. The van der Waals surface area contributed by atoms with Crippen LogP contribution in [0.4, 0.5) is 0 Å². The summed E-state index contributed by atoms with van der Waals surface area (Å²) in [4.78, 5) is 24.0. The molecular formula is C34H66O5. The molecule has 0 bridgehead atoms. The largest absolute Gasteiger partial charge is 0.462 e. The molecule has 0 spiro atoms. The second-order valence-electron chi connectivity index (χ2n) is 12.6. The van der Waals surface area contributed by atoms with E-state index in [2.05, 4.69) is 27.7 Å². The van der Waals surface area contributed by atoms with Crippen LogP contribution in [0.2, 0.25) is 0 Å². The summed E-state index contributed by atoms with van der Waals surface area (Å²) in [6.07, 6.45) is 26.0. The number of unbranched alkanes of at least 4 members (excludes halogenated alkanes) is 17. The van der Waals surface area contributed by atoms with Crippen molar-refractivity contribution in [3.8, 4) is 0 Å². The first-order valence-electron chi connectivity index (χ1n) is 16.8. The Labute approximate surface area is 242 Å². The summed E-state index contributed by atoms with van der Waals surface area (Å²) < 4.78 is 10.5. The monoisotopic (exact) mass is 554 g/mol. The third-order valence-corrected chi connectivity index (χ3v) is 7.51. The lowest BCUT2D eigenvalue weighted by molar-refractivity contribution is -0.161. The highest BCUT2D eigenvalue weighted by Crippen LogP contribution is 2.15. The minimum Gasteiger partial charge on any atom is -0.462 e. The zero-order valence-corrected chi connectivity index (χ0v) is 26.5. The minimum atomic E-state index is -0.762. The number of carbonyl (C=O) groups is 2. The average molecular weight is 555 g/mol. The number of rotatable bonds is 29. The fraction of sp³-hybridized carbons (Fsp3) is 0.941. The van der Waals surface area contributed by atoms with Gasteiger partial charge in [0.2, 0.25) is 0 Å². The van der Waals surface area contributed by atoms with Gasteiger partial charge in [0.05, 0.1) is 6.61 Å². The highest BCUT2D eigenvalue weighted by Gasteiger charge is 2.16. The van der Waals surface area contributed by atoms with Crippen molar-refractivity contribution >= 4 is 11.9 Å². The lowest BCUT2D eigenvalue weighted by atomic mass is 10.0. The van der Waals surface area contributed by atoms with E-state index in [0.29, 0.717) is 12.8 Å². The average Bonchev–Trinajstić information content (AvgIpc) is 2.89. The number of aliphatic hydroxyl groups is 1. The smallest absolute Gasteiger partial charge is 0.306 e. The quantitative estimate of drug-likeness (QED) is 0.0736. The molecule has 0 unspecified atom stereocenters. The lowest BCUT2D eigenvalue weighted by Crippen LogP contribution is -2.28. The Bertz CT molecular complexity index is 546. The Morgan fingerprint density at radius 3 is 1.21 bits per heavy atom. The summed E-state index contributed by atoms with van der Waals surface area (Å²) in [6.45, 7) is 8.75. The van der Waals surface area contributed by atoms with Gasteiger partial charge in [-0.3, -0.25) is 9.59 Å². The van der Waals surface area contributed by atoms with E-state index >= 15 is 0 Å². The van der Waals surface area contributed by atoms with E-state index in [9.17, 15) is 14.7 Å². The van der Waals surface area contributed by atoms with Gasteiger partial charge in [-0.25, -0.2) is 0 Å². The molecule has 232 valence electrons. The molecule has 0 aliphatic heterocycles. The molecule has 1 atom stereocenters. The number of hydrogen-bond acceptors (Lipinski definition) is 5. The van der Waals surface area contributed by atoms with Gasteiger partial charge in [0.25, 0.3) is 0 Å². The normalized spacial score (nSPS) is 12.3. The molecule has 0 aliphatic carbocycles. The van der Waals surface area contributed by atoms with Crippen LogP contribution in [0.5, 0.6) is 0 Å². The highest BCUT2D eigenvalue weighted by atomic mass is 16.6. The van der Waals surface area contributed by atoms with Crippen molar-refractivity contribution < 1.29 is 24.2 Å². The zero-order chi connectivity index (χ0) is 29.0. The van der Waals surface area contributed by atoms with Crippen LogP contribution in [-0.2, 0) is 19.1 Å². The molecule has 0 aliphatic rings. The van der Waals surface area contributed by atoms with Crippen LogP contribution in [0.25, 0.3) is 0 Å². The van der Waals surface area contributed by atoms with Crippen molar-refractivity contribution in [1.82, 2.24) is 0 Å². The summed E-state index contributed by atoms with van der Waals surface area (Å²) in [5.41, 5.74) is 0. The number of esters is 2. The van der Waals surface area contributed by atoms with Gasteiger partial charge in [-0.1, -0.05) is 150 Å². The third-order valence-electron chi connectivity index (χ3n) is 7.51. The standard InChI is InChI=1S/C34H66O5/c1-30(2)24-20-16-12-10-8-6-5-7-9-11-13-18-22-26-33(36)38-29-32(28-35)39-34(37)27-23-19-15-14-17-21-25-31(3)4/h30-32,35H,5-29H2,1-4H3/t32-/m0/s1. The van der Waals surface area contributed by atoms with Crippen LogP contribution in [0.1, 0.15) is 175 Å². The number of carbonyl (C=O) groups excluding carboxylic acids is 2. The van der Waals surface area contributed by atoms with Crippen LogP contribution in [0.3, 0.4) is 0 Å². The van der Waals surface area contributed by atoms with Crippen LogP contribution in [0.15, 0.2) is 0 Å². The molecular weight excluding hydrogens is 488 g/mol. The van der Waals surface area contributed by atoms with Crippen molar-refractivity contribution in [1.29, 1.82) is 0 Å². The molecule has 0 aromatic heterocycles. The summed E-state index contributed by atoms with van der Waals surface area (Å²) in [6, 6.07) is 0. The Balaban J connectivity index is 3.53. The summed E-state index contributed by atoms with van der Waals surface area (Å²) in [5.74, 6) is 1.03. The van der Waals surface area contributed by atoms with Crippen molar-refractivity contribution in [3.63, 3.8) is 0 Å². The van der Waals surface area contributed by atoms with Gasteiger partial charge < -0.3 is 14.6 Å². The van der Waals surface area contributed by atoms with Crippen molar-refractivity contribution in [2.75, 3.05) is 13.2 Å². The van der Waals surface area contributed by atoms with E-state index in [1.165, 1.54) is 96.3 Å². The first-order chi connectivity index (χ1) is 18.8. The summed E-state index contributed by atoms with van der Waals surface area (Å²) in [5, 5.41) is 9.48. The summed E-state index contributed by atoms with van der Waals surface area (Å²) >= 11 is 0. The molecule has 0 rings (SSSR count). The number of hydrogen-bond donors (Lipinski definition) is 1. The van der Waals surface area contributed by atoms with Crippen LogP contribution < -0.4 is 0 Å². The van der Waals surface area contributed by atoms with E-state index in [-0.39, 0.29) is 25.2 Å². The molecule has 0 heterocycles.